The van der Waals surface area contributed by atoms with Gasteiger partial charge in [0.05, 0.1) is 29.4 Å². The molecule has 2 aliphatic carbocycles. The van der Waals surface area contributed by atoms with Crippen LogP contribution in [0.4, 0.5) is 5.69 Å². The summed E-state index contributed by atoms with van der Waals surface area (Å²) < 4.78 is 6.70. The zero-order valence-corrected chi connectivity index (χ0v) is 25.3. The third-order valence-corrected chi connectivity index (χ3v) is 9.74. The van der Waals surface area contributed by atoms with Gasteiger partial charge in [-0.25, -0.2) is 0 Å². The standard InChI is InChI=1S/C41H34N4O/c1-4-12-27(13-5-1)34-26-35(43-40(42-34)29-14-6-2-7-15-29)28-20-22-31(23-21-28)45-36-19-11-10-18-32(36)38-37(45)25-24-33-39(38)46-41(44-33)30-16-8-3-9-17-30/h1-26,32,36-38,40-41,43-44H. The third kappa shape index (κ3) is 4.59. The van der Waals surface area contributed by atoms with Crippen LogP contribution in [0.5, 0.6) is 0 Å². The number of allylic oxidation sites excluding steroid dienone is 4. The molecule has 3 heterocycles. The van der Waals surface area contributed by atoms with Crippen molar-refractivity contribution < 1.29 is 4.74 Å². The van der Waals surface area contributed by atoms with E-state index >= 15 is 0 Å². The van der Waals surface area contributed by atoms with Crippen LogP contribution >= 0.6 is 0 Å². The molecule has 224 valence electrons. The second-order valence-electron chi connectivity index (χ2n) is 12.4. The highest BCUT2D eigenvalue weighted by Gasteiger charge is 2.52. The highest BCUT2D eigenvalue weighted by atomic mass is 16.5. The van der Waals surface area contributed by atoms with Crippen molar-refractivity contribution in [3.05, 3.63) is 192 Å². The minimum absolute atomic E-state index is 0.162. The lowest BCUT2D eigenvalue weighted by Gasteiger charge is -2.32. The summed E-state index contributed by atoms with van der Waals surface area (Å²) in [7, 11) is 0. The summed E-state index contributed by atoms with van der Waals surface area (Å²) in [5.74, 6) is 1.62. The Hall–Kier alpha value is -5.55. The smallest absolute Gasteiger partial charge is 0.196 e. The first kappa shape index (κ1) is 26.8. The van der Waals surface area contributed by atoms with Crippen LogP contribution in [0.15, 0.2) is 174 Å². The number of nitrogens with zero attached hydrogens (tertiary/aromatic N) is 2. The molecule has 5 nitrogen and oxygen atoms in total. The molecule has 0 bridgehead atoms. The van der Waals surface area contributed by atoms with Crippen LogP contribution < -0.4 is 15.5 Å². The summed E-state index contributed by atoms with van der Waals surface area (Å²) in [6.45, 7) is 0. The number of benzene rings is 4. The number of fused-ring (bicyclic) bond motifs is 4. The average Bonchev–Trinajstić information content (AvgIpc) is 3.72. The van der Waals surface area contributed by atoms with Crippen LogP contribution in [-0.4, -0.2) is 17.8 Å². The quantitative estimate of drug-likeness (QED) is 0.246. The van der Waals surface area contributed by atoms with Crippen LogP contribution in [0, 0.1) is 11.8 Å². The molecule has 0 saturated carbocycles. The van der Waals surface area contributed by atoms with Crippen molar-refractivity contribution in [1.82, 2.24) is 10.6 Å². The lowest BCUT2D eigenvalue weighted by molar-refractivity contribution is 0.102. The van der Waals surface area contributed by atoms with Gasteiger partial charge in [-0.2, -0.15) is 0 Å². The van der Waals surface area contributed by atoms with Crippen molar-refractivity contribution in [2.45, 2.75) is 24.5 Å². The van der Waals surface area contributed by atoms with E-state index in [1.54, 1.807) is 0 Å². The third-order valence-electron chi connectivity index (χ3n) is 9.74. The normalized spacial score (nSPS) is 27.1. The fraction of sp³-hybridized carbons (Fsp3) is 0.146. The van der Waals surface area contributed by atoms with E-state index in [0.29, 0.717) is 5.92 Å². The summed E-state index contributed by atoms with van der Waals surface area (Å²) in [6.07, 6.45) is 15.5. The van der Waals surface area contributed by atoms with E-state index in [1.165, 1.54) is 5.69 Å². The maximum Gasteiger partial charge on any atom is 0.196 e. The van der Waals surface area contributed by atoms with Gasteiger partial charge in [0.25, 0.3) is 0 Å². The Morgan fingerprint density at radius 3 is 2.09 bits per heavy atom. The maximum absolute atomic E-state index is 6.70. The summed E-state index contributed by atoms with van der Waals surface area (Å²) in [4.78, 5) is 7.67. The van der Waals surface area contributed by atoms with E-state index in [2.05, 4.69) is 155 Å². The van der Waals surface area contributed by atoms with Crippen molar-refractivity contribution in [2.24, 2.45) is 16.8 Å². The van der Waals surface area contributed by atoms with Gasteiger partial charge in [-0.1, -0.05) is 134 Å². The van der Waals surface area contributed by atoms with Crippen LogP contribution in [0.1, 0.15) is 34.6 Å². The number of aliphatic imine (C=N–C) groups is 1. The lowest BCUT2D eigenvalue weighted by Crippen LogP contribution is -2.37. The summed E-state index contributed by atoms with van der Waals surface area (Å²) in [6, 6.07) is 40.8. The van der Waals surface area contributed by atoms with Crippen molar-refractivity contribution in [1.29, 1.82) is 0 Å². The zero-order chi connectivity index (χ0) is 30.5. The Kier molecular flexibility index (Phi) is 6.48. The molecule has 4 aromatic rings. The molecule has 6 unspecified atom stereocenters. The van der Waals surface area contributed by atoms with Crippen LogP contribution in [-0.2, 0) is 4.74 Å². The van der Waals surface area contributed by atoms with Crippen molar-refractivity contribution >= 4 is 17.1 Å². The maximum atomic E-state index is 6.70. The SMILES string of the molecule is C1=CC2C3C4=C(C=CC3N(c3ccc(C5=CC(c6ccccc6)=NC(c6ccccc6)N5)cc3)C2C=C1)NC(c1ccccc1)O4. The molecule has 4 aromatic carbocycles. The molecule has 1 fully saturated rings. The van der Waals surface area contributed by atoms with Gasteiger partial charge in [-0.05, 0) is 41.0 Å². The Bertz CT molecular complexity index is 1940. The fourth-order valence-electron chi connectivity index (χ4n) is 7.58. The van der Waals surface area contributed by atoms with Crippen molar-refractivity contribution in [2.75, 3.05) is 4.90 Å². The summed E-state index contributed by atoms with van der Waals surface area (Å²) in [5, 5.41) is 7.34. The van der Waals surface area contributed by atoms with E-state index in [1.807, 2.05) is 18.2 Å². The Labute approximate surface area is 269 Å². The van der Waals surface area contributed by atoms with Gasteiger partial charge in [-0.3, -0.25) is 4.99 Å². The first-order valence-corrected chi connectivity index (χ1v) is 16.1. The lowest BCUT2D eigenvalue weighted by atomic mass is 9.81. The van der Waals surface area contributed by atoms with Gasteiger partial charge in [0, 0.05) is 22.9 Å². The number of hydrogen-bond donors (Lipinski definition) is 2. The first-order valence-electron chi connectivity index (χ1n) is 16.1. The second-order valence-corrected chi connectivity index (χ2v) is 12.4. The number of nitrogens with one attached hydrogen (secondary N) is 2. The highest BCUT2D eigenvalue weighted by molar-refractivity contribution is 6.13. The fourth-order valence-corrected chi connectivity index (χ4v) is 7.58. The van der Waals surface area contributed by atoms with Crippen molar-refractivity contribution in [3.8, 4) is 0 Å². The largest absolute Gasteiger partial charge is 0.468 e. The van der Waals surface area contributed by atoms with Gasteiger partial charge >= 0.3 is 0 Å². The molecule has 5 aliphatic rings. The van der Waals surface area contributed by atoms with E-state index in [9.17, 15) is 0 Å². The Morgan fingerprint density at radius 2 is 1.33 bits per heavy atom. The molecule has 0 aromatic heterocycles. The van der Waals surface area contributed by atoms with Gasteiger partial charge in [0.2, 0.25) is 0 Å². The molecule has 3 aliphatic heterocycles. The average molecular weight is 599 g/mol. The molecular weight excluding hydrogens is 564 g/mol. The van der Waals surface area contributed by atoms with E-state index in [-0.39, 0.29) is 30.4 Å². The van der Waals surface area contributed by atoms with E-state index < -0.39 is 0 Å². The molecule has 1 saturated heterocycles. The Balaban J connectivity index is 1.02. The first-order chi connectivity index (χ1) is 22.8. The van der Waals surface area contributed by atoms with Crippen LogP contribution in [0.25, 0.3) is 5.70 Å². The minimum atomic E-state index is -0.162. The van der Waals surface area contributed by atoms with Gasteiger partial charge in [0.1, 0.15) is 11.9 Å². The van der Waals surface area contributed by atoms with Gasteiger partial charge < -0.3 is 20.3 Å². The molecule has 9 rings (SSSR count). The second kappa shape index (κ2) is 11.1. The molecular formula is C41H34N4O. The van der Waals surface area contributed by atoms with Crippen LogP contribution in [0.3, 0.4) is 0 Å². The number of ether oxygens (including phenoxy) is 1. The minimum Gasteiger partial charge on any atom is -0.468 e. The Morgan fingerprint density at radius 1 is 0.630 bits per heavy atom. The van der Waals surface area contributed by atoms with Crippen LogP contribution in [0.2, 0.25) is 0 Å². The van der Waals surface area contributed by atoms with E-state index in [4.69, 9.17) is 9.73 Å². The number of rotatable bonds is 5. The molecule has 46 heavy (non-hydrogen) atoms. The molecule has 6 atom stereocenters. The zero-order valence-electron chi connectivity index (χ0n) is 25.3. The van der Waals surface area contributed by atoms with Gasteiger partial charge in [0.15, 0.2) is 6.23 Å². The van der Waals surface area contributed by atoms with Crippen molar-refractivity contribution in [3.63, 3.8) is 0 Å². The number of hydrogen-bond acceptors (Lipinski definition) is 5. The highest BCUT2D eigenvalue weighted by Crippen LogP contribution is 2.50. The monoisotopic (exact) mass is 598 g/mol. The summed E-state index contributed by atoms with van der Waals surface area (Å²) in [5.41, 5.74) is 8.89. The molecule has 0 radical (unpaired) electrons. The topological polar surface area (TPSA) is 48.9 Å². The van der Waals surface area contributed by atoms with Gasteiger partial charge in [-0.15, -0.1) is 0 Å². The van der Waals surface area contributed by atoms with E-state index in [0.717, 1.165) is 45.1 Å². The summed E-state index contributed by atoms with van der Waals surface area (Å²) >= 11 is 0. The number of anilines is 1. The molecule has 5 heteroatoms. The molecule has 2 N–H and O–H groups in total. The molecule has 0 spiro atoms. The predicted octanol–water partition coefficient (Wildman–Crippen LogP) is 7.83. The predicted molar refractivity (Wildman–Crippen MR) is 185 cm³/mol. The molecule has 0 amide bonds.